The fraction of sp³-hybridized carbons (Fsp3) is 0.185. The average Bonchev–Trinajstić information content (AvgIpc) is 3.04. The van der Waals surface area contributed by atoms with Gasteiger partial charge in [0.05, 0.1) is 25.8 Å². The second-order valence-electron chi connectivity index (χ2n) is 7.97. The van der Waals surface area contributed by atoms with Gasteiger partial charge in [-0.25, -0.2) is 9.13 Å². The molecule has 0 unspecified atom stereocenters. The van der Waals surface area contributed by atoms with Crippen LogP contribution >= 0.6 is 0 Å². The minimum Gasteiger partial charge on any atom is -0.554 e. The molecule has 3 aromatic carbocycles. The number of fused-ring (bicyclic) bond motifs is 1. The smallest absolute Gasteiger partial charge is 0.362 e. The number of aromatic nitrogens is 2. The molecule has 0 saturated heterocycles. The molecule has 4 aromatic rings. The molecule has 0 fully saturated rings. The lowest BCUT2D eigenvalue weighted by Gasteiger charge is -2.08. The van der Waals surface area contributed by atoms with Crippen LogP contribution in [0.5, 0.6) is 5.75 Å². The number of hydrogen-bond acceptors (Lipinski definition) is 5. The number of methoxy groups -OCH3 is 1. The molecule has 7 heteroatoms. The van der Waals surface area contributed by atoms with E-state index in [1.165, 1.54) is 0 Å². The van der Waals surface area contributed by atoms with Crippen LogP contribution in [0.1, 0.15) is 12.8 Å². The Morgan fingerprint density at radius 3 is 2.53 bits per heavy atom. The van der Waals surface area contributed by atoms with E-state index in [1.807, 2.05) is 30.3 Å². The summed E-state index contributed by atoms with van der Waals surface area (Å²) >= 11 is 0. The van der Waals surface area contributed by atoms with Crippen LogP contribution < -0.4 is 25.5 Å². The second-order valence-corrected chi connectivity index (χ2v) is 7.97. The average molecular weight is 457 g/mol. The van der Waals surface area contributed by atoms with Gasteiger partial charge in [-0.05, 0) is 60.4 Å². The van der Waals surface area contributed by atoms with Crippen LogP contribution in [0.3, 0.4) is 0 Å². The normalized spacial score (nSPS) is 12.4. The van der Waals surface area contributed by atoms with Gasteiger partial charge in [-0.15, -0.1) is 0 Å². The first-order valence-corrected chi connectivity index (χ1v) is 11.2. The van der Waals surface area contributed by atoms with Crippen molar-refractivity contribution in [3.8, 4) is 33.8 Å². The summed E-state index contributed by atoms with van der Waals surface area (Å²) in [7, 11) is 1.73. The number of rotatable bonds is 4. The fourth-order valence-corrected chi connectivity index (χ4v) is 4.32. The van der Waals surface area contributed by atoms with E-state index >= 15 is 0 Å². The molecular formula is C27H28N4O3. The quantitative estimate of drug-likeness (QED) is 0.279. The maximum Gasteiger partial charge on any atom is 0.362 e. The summed E-state index contributed by atoms with van der Waals surface area (Å²) in [5.74, 6) is 1.98. The Kier molecular flexibility index (Phi) is 7.13. The predicted octanol–water partition coefficient (Wildman–Crippen LogP) is 3.26. The molecular weight excluding hydrogens is 428 g/mol. The van der Waals surface area contributed by atoms with Crippen molar-refractivity contribution in [1.29, 1.82) is 0 Å². The molecule has 0 spiro atoms. The molecule has 0 bridgehead atoms. The van der Waals surface area contributed by atoms with Gasteiger partial charge in [-0.2, -0.15) is 0 Å². The molecule has 1 aliphatic heterocycles. The topological polar surface area (TPSA) is 96.2 Å². The molecule has 1 aliphatic rings. The van der Waals surface area contributed by atoms with Gasteiger partial charge in [0.25, 0.3) is 0 Å². The number of nitrogens with two attached hydrogens (primary N) is 1. The highest BCUT2D eigenvalue weighted by Crippen LogP contribution is 2.32. The van der Waals surface area contributed by atoms with Crippen molar-refractivity contribution in [1.82, 2.24) is 4.57 Å². The lowest BCUT2D eigenvalue weighted by molar-refractivity contribution is -0.670. The minimum absolute atomic E-state index is 0.500. The van der Waals surface area contributed by atoms with Crippen LogP contribution in [0.2, 0.25) is 0 Å². The van der Waals surface area contributed by atoms with E-state index in [9.17, 15) is 0 Å². The molecule has 1 aromatic heterocycles. The first-order chi connectivity index (χ1) is 16.7. The Labute approximate surface area is 199 Å². The number of ether oxygens (including phenoxy) is 1. The number of carbonyl (C=O) groups is 1. The summed E-state index contributed by atoms with van der Waals surface area (Å²) in [6.45, 7) is 1.43. The van der Waals surface area contributed by atoms with Crippen LogP contribution in [0.25, 0.3) is 28.1 Å². The highest BCUT2D eigenvalue weighted by molar-refractivity contribution is 5.70. The number of benzene rings is 3. The Morgan fingerprint density at radius 2 is 1.76 bits per heavy atom. The number of carboxylic acid groups (broad SMARTS) is 1. The van der Waals surface area contributed by atoms with E-state index in [1.54, 1.807) is 7.11 Å². The molecule has 0 amide bonds. The van der Waals surface area contributed by atoms with Gasteiger partial charge in [0, 0.05) is 12.2 Å². The summed E-state index contributed by atoms with van der Waals surface area (Å²) in [6.07, 6.45) is 4.50. The summed E-state index contributed by atoms with van der Waals surface area (Å²) in [5, 5.41) is 11.9. The van der Waals surface area contributed by atoms with Gasteiger partial charge in [0.15, 0.2) is 0 Å². The standard InChI is InChI=1S/C26H26N4O.CH2O2/c1-31-25-13-3-2-12-23(25)24-18-30(26-28-14-4-5-15-29(24)26)22-11-7-9-20(17-22)19-8-6-10-21(27)16-19;2-1-3/h2-3,6-13,16-18H,4-5,14-15,27H2,1H3;1H,(H,2,3). The van der Waals surface area contributed by atoms with Gasteiger partial charge in [0.1, 0.15) is 23.3 Å². The van der Waals surface area contributed by atoms with Crippen molar-refractivity contribution in [2.75, 3.05) is 24.7 Å². The molecule has 5 rings (SSSR count). The Bertz CT molecular complexity index is 1280. The molecule has 3 N–H and O–H groups in total. The number of nitrogens with zero attached hydrogens (tertiary/aromatic N) is 2. The van der Waals surface area contributed by atoms with Crippen molar-refractivity contribution >= 4 is 18.1 Å². The van der Waals surface area contributed by atoms with Crippen molar-refractivity contribution in [2.45, 2.75) is 19.4 Å². The Hall–Kier alpha value is -4.26. The first-order valence-electron chi connectivity index (χ1n) is 11.2. The largest absolute Gasteiger partial charge is 0.554 e. The number of para-hydroxylation sites is 1. The molecule has 174 valence electrons. The van der Waals surface area contributed by atoms with Gasteiger partial charge in [0.2, 0.25) is 0 Å². The zero-order valence-electron chi connectivity index (χ0n) is 19.1. The van der Waals surface area contributed by atoms with E-state index in [4.69, 9.17) is 20.4 Å². The number of nitrogen functional groups attached to an aromatic ring is 1. The molecule has 0 radical (unpaired) electrons. The van der Waals surface area contributed by atoms with Crippen LogP contribution in [-0.4, -0.2) is 24.7 Å². The third-order valence-electron chi connectivity index (χ3n) is 5.84. The van der Waals surface area contributed by atoms with Gasteiger partial charge < -0.3 is 20.4 Å². The van der Waals surface area contributed by atoms with Gasteiger partial charge >= 0.3 is 5.95 Å². The van der Waals surface area contributed by atoms with Crippen molar-refractivity contribution in [3.05, 3.63) is 79.0 Å². The maximum atomic E-state index is 8.25. The number of carbonyl (C=O) groups excluding carboxylic acids is 1. The van der Waals surface area contributed by atoms with E-state index in [-0.39, 0.29) is 0 Å². The van der Waals surface area contributed by atoms with E-state index in [0.717, 1.165) is 71.4 Å². The number of anilines is 2. The monoisotopic (exact) mass is 456 g/mol. The SMILES string of the molecule is COc1ccccc1-c1cn(-c2cccc(-c3cccc(N)c3)c2)c2[n+]1CCCCN2.O=C[O-]. The van der Waals surface area contributed by atoms with E-state index in [0.29, 0.717) is 0 Å². The highest BCUT2D eigenvalue weighted by atomic mass is 16.5. The summed E-state index contributed by atoms with van der Waals surface area (Å²) in [6, 6.07) is 24.8. The summed E-state index contributed by atoms with van der Waals surface area (Å²) in [5.41, 5.74) is 12.4. The summed E-state index contributed by atoms with van der Waals surface area (Å²) in [4.78, 5) is 8.25. The van der Waals surface area contributed by atoms with Crippen molar-refractivity contribution < 1.29 is 19.2 Å². The molecule has 2 heterocycles. The Balaban J connectivity index is 0.000000868. The first kappa shape index (κ1) is 22.9. The lowest BCUT2D eigenvalue weighted by Crippen LogP contribution is -2.36. The zero-order valence-corrected chi connectivity index (χ0v) is 19.1. The van der Waals surface area contributed by atoms with E-state index in [2.05, 4.69) is 63.1 Å². The third kappa shape index (κ3) is 4.73. The molecule has 0 atom stereocenters. The van der Waals surface area contributed by atoms with Crippen LogP contribution in [0.4, 0.5) is 11.6 Å². The fourth-order valence-electron chi connectivity index (χ4n) is 4.32. The lowest BCUT2D eigenvalue weighted by atomic mass is 10.0. The Morgan fingerprint density at radius 1 is 1.03 bits per heavy atom. The molecule has 34 heavy (non-hydrogen) atoms. The van der Waals surface area contributed by atoms with Gasteiger partial charge in [-0.3, -0.25) is 5.32 Å². The van der Waals surface area contributed by atoms with Crippen molar-refractivity contribution in [3.63, 3.8) is 0 Å². The van der Waals surface area contributed by atoms with Crippen LogP contribution in [-0.2, 0) is 11.3 Å². The third-order valence-corrected chi connectivity index (χ3v) is 5.84. The molecule has 0 saturated carbocycles. The van der Waals surface area contributed by atoms with Gasteiger partial charge in [-0.1, -0.05) is 36.4 Å². The molecule has 0 aliphatic carbocycles. The highest BCUT2D eigenvalue weighted by Gasteiger charge is 2.27. The minimum atomic E-state index is -0.500. The molecule has 7 nitrogen and oxygen atoms in total. The van der Waals surface area contributed by atoms with Crippen molar-refractivity contribution in [2.24, 2.45) is 0 Å². The zero-order chi connectivity index (χ0) is 23.9. The number of hydrogen-bond donors (Lipinski definition) is 2. The maximum absolute atomic E-state index is 8.25. The summed E-state index contributed by atoms with van der Waals surface area (Å²) < 4.78 is 10.3. The van der Waals surface area contributed by atoms with E-state index < -0.39 is 6.47 Å². The number of nitrogens with one attached hydrogen (secondary N) is 1. The second kappa shape index (κ2) is 10.6. The van der Waals surface area contributed by atoms with Crippen LogP contribution in [0, 0.1) is 0 Å². The number of imidazole rings is 1. The van der Waals surface area contributed by atoms with Crippen LogP contribution in [0.15, 0.2) is 79.0 Å². The predicted molar refractivity (Wildman–Crippen MR) is 132 cm³/mol.